The molecule has 2 N–H and O–H groups in total. The number of carbonyl (C=O) groups excluding carboxylic acids is 1. The molecule has 0 fully saturated rings. The number of aromatic nitrogens is 1. The van der Waals surface area contributed by atoms with Crippen molar-refractivity contribution in [1.29, 1.82) is 0 Å². The number of hydrogen-bond acceptors (Lipinski definition) is 3. The minimum Gasteiger partial charge on any atom is -0.395 e. The first-order valence-corrected chi connectivity index (χ1v) is 8.70. The summed E-state index contributed by atoms with van der Waals surface area (Å²) in [7, 11) is 0. The first-order chi connectivity index (χ1) is 12.0. The topological polar surface area (TPSA) is 65.7 Å². The van der Waals surface area contributed by atoms with E-state index in [1.54, 1.807) is 6.08 Å². The average Bonchev–Trinajstić information content (AvgIpc) is 2.86. The highest BCUT2D eigenvalue weighted by Gasteiger charge is 2.24. The molecule has 0 spiro atoms. The summed E-state index contributed by atoms with van der Waals surface area (Å²) in [4.78, 5) is 14.6. The zero-order chi connectivity index (χ0) is 18.6. The number of fused-ring (bicyclic) bond motifs is 1. The highest BCUT2D eigenvalue weighted by Crippen LogP contribution is 2.30. The van der Waals surface area contributed by atoms with Crippen molar-refractivity contribution in [3.63, 3.8) is 0 Å². The van der Waals surface area contributed by atoms with Gasteiger partial charge in [0.15, 0.2) is 0 Å². The Balaban J connectivity index is 2.64. The molecule has 5 nitrogen and oxygen atoms in total. The van der Waals surface area contributed by atoms with Crippen LogP contribution in [0.1, 0.15) is 41.4 Å². The first-order valence-electron chi connectivity index (χ1n) is 8.70. The lowest BCUT2D eigenvalue weighted by Gasteiger charge is -2.22. The minimum atomic E-state index is -0.176. The van der Waals surface area contributed by atoms with Crippen LogP contribution in [-0.2, 0) is 6.54 Å². The molecule has 0 saturated heterocycles. The van der Waals surface area contributed by atoms with Gasteiger partial charge in [-0.3, -0.25) is 4.79 Å². The molecule has 0 bridgehead atoms. The maximum atomic E-state index is 13.1. The number of allylic oxidation sites excluding steroid dienone is 1. The maximum absolute atomic E-state index is 13.1. The number of carbonyl (C=O) groups is 1. The summed E-state index contributed by atoms with van der Waals surface area (Å²) in [6.45, 7) is 10.7. The molecular weight excluding hydrogens is 316 g/mol. The molecule has 2 aromatic rings. The van der Waals surface area contributed by atoms with Gasteiger partial charge in [-0.25, -0.2) is 0 Å². The van der Waals surface area contributed by atoms with Crippen LogP contribution >= 0.6 is 0 Å². The smallest absolute Gasteiger partial charge is 0.270 e. The van der Waals surface area contributed by atoms with Gasteiger partial charge in [0.05, 0.1) is 13.2 Å². The van der Waals surface area contributed by atoms with E-state index in [-0.39, 0.29) is 32.2 Å². The van der Waals surface area contributed by atoms with Crippen LogP contribution in [0, 0.1) is 6.92 Å². The number of nitrogens with zero attached hydrogens (tertiary/aromatic N) is 2. The summed E-state index contributed by atoms with van der Waals surface area (Å²) >= 11 is 0. The largest absolute Gasteiger partial charge is 0.395 e. The van der Waals surface area contributed by atoms with Crippen LogP contribution in [-0.4, -0.2) is 51.9 Å². The van der Waals surface area contributed by atoms with E-state index < -0.39 is 0 Å². The lowest BCUT2D eigenvalue weighted by molar-refractivity contribution is 0.0674. The molecule has 136 valence electrons. The molecule has 5 heteroatoms. The third-order valence-corrected chi connectivity index (χ3v) is 4.55. The number of benzene rings is 1. The molecule has 1 amide bonds. The monoisotopic (exact) mass is 344 g/mol. The van der Waals surface area contributed by atoms with E-state index in [0.717, 1.165) is 16.5 Å². The lowest BCUT2D eigenvalue weighted by atomic mass is 10.0. The molecule has 0 aliphatic carbocycles. The standard InChI is InChI=1S/C20H28N2O3/c1-5-8-22-18-7-6-16(14(2)3)13-17(18)15(4)19(22)20(25)21(9-11-23)10-12-24/h5-7,13-14,23-24H,1,8-12H2,2-4H3. The lowest BCUT2D eigenvalue weighted by Crippen LogP contribution is -2.37. The van der Waals surface area contributed by atoms with Crippen molar-refractivity contribution >= 4 is 16.8 Å². The Hall–Kier alpha value is -2.11. The number of aryl methyl sites for hydroxylation is 1. The highest BCUT2D eigenvalue weighted by atomic mass is 16.3. The van der Waals surface area contributed by atoms with E-state index in [1.165, 1.54) is 10.5 Å². The predicted molar refractivity (Wildman–Crippen MR) is 101 cm³/mol. The fourth-order valence-corrected chi connectivity index (χ4v) is 3.20. The van der Waals surface area contributed by atoms with Crippen LogP contribution in [0.5, 0.6) is 0 Å². The summed E-state index contributed by atoms with van der Waals surface area (Å²) in [5, 5.41) is 19.5. The van der Waals surface area contributed by atoms with Gasteiger partial charge in [-0.05, 0) is 36.1 Å². The van der Waals surface area contributed by atoms with E-state index in [0.29, 0.717) is 18.2 Å². The fraction of sp³-hybridized carbons (Fsp3) is 0.450. The van der Waals surface area contributed by atoms with Crippen LogP contribution in [0.15, 0.2) is 30.9 Å². The Labute approximate surface area is 149 Å². The highest BCUT2D eigenvalue weighted by molar-refractivity contribution is 6.02. The quantitative estimate of drug-likeness (QED) is 0.724. The van der Waals surface area contributed by atoms with Crippen molar-refractivity contribution in [1.82, 2.24) is 9.47 Å². The van der Waals surface area contributed by atoms with Crippen molar-refractivity contribution < 1.29 is 15.0 Å². The third-order valence-electron chi connectivity index (χ3n) is 4.55. The van der Waals surface area contributed by atoms with Gasteiger partial charge < -0.3 is 19.7 Å². The molecule has 0 radical (unpaired) electrons. The number of aliphatic hydroxyl groups excluding tert-OH is 2. The molecule has 0 aliphatic rings. The molecule has 0 unspecified atom stereocenters. The second-order valence-electron chi connectivity index (χ2n) is 6.54. The van der Waals surface area contributed by atoms with E-state index >= 15 is 0 Å². The molecule has 0 saturated carbocycles. The zero-order valence-corrected chi connectivity index (χ0v) is 15.3. The molecule has 1 aromatic carbocycles. The van der Waals surface area contributed by atoms with Crippen molar-refractivity contribution in [2.24, 2.45) is 0 Å². The summed E-state index contributed by atoms with van der Waals surface area (Å²) in [6.07, 6.45) is 1.77. The van der Waals surface area contributed by atoms with E-state index in [4.69, 9.17) is 0 Å². The van der Waals surface area contributed by atoms with Gasteiger partial charge in [0, 0.05) is 30.5 Å². The van der Waals surface area contributed by atoms with Gasteiger partial charge in [0.25, 0.3) is 5.91 Å². The van der Waals surface area contributed by atoms with Crippen molar-refractivity contribution in [3.8, 4) is 0 Å². The van der Waals surface area contributed by atoms with Crippen molar-refractivity contribution in [2.45, 2.75) is 33.2 Å². The Morgan fingerprint density at radius 3 is 2.44 bits per heavy atom. The van der Waals surface area contributed by atoms with Gasteiger partial charge in [-0.2, -0.15) is 0 Å². The van der Waals surface area contributed by atoms with Gasteiger partial charge in [0.1, 0.15) is 5.69 Å². The average molecular weight is 344 g/mol. The summed E-state index contributed by atoms with van der Waals surface area (Å²) in [6, 6.07) is 6.30. The fourth-order valence-electron chi connectivity index (χ4n) is 3.20. The van der Waals surface area contributed by atoms with Crippen LogP contribution < -0.4 is 0 Å². The zero-order valence-electron chi connectivity index (χ0n) is 15.3. The molecule has 1 aromatic heterocycles. The number of hydrogen-bond donors (Lipinski definition) is 2. The van der Waals surface area contributed by atoms with E-state index in [9.17, 15) is 15.0 Å². The van der Waals surface area contributed by atoms with Gasteiger partial charge >= 0.3 is 0 Å². The molecule has 0 aliphatic heterocycles. The third kappa shape index (κ3) is 3.78. The first kappa shape index (κ1) is 19.2. The Bertz CT molecular complexity index is 756. The summed E-state index contributed by atoms with van der Waals surface area (Å²) in [5.74, 6) is 0.232. The molecule has 2 rings (SSSR count). The number of rotatable bonds is 8. The molecular formula is C20H28N2O3. The Morgan fingerprint density at radius 2 is 1.92 bits per heavy atom. The summed E-state index contributed by atoms with van der Waals surface area (Å²) in [5.41, 5.74) is 3.74. The van der Waals surface area contributed by atoms with Crippen molar-refractivity contribution in [3.05, 3.63) is 47.7 Å². The Kier molecular flexibility index (Phi) is 6.39. The van der Waals surface area contributed by atoms with Gasteiger partial charge in [-0.1, -0.05) is 26.0 Å². The van der Waals surface area contributed by atoms with Crippen molar-refractivity contribution in [2.75, 3.05) is 26.3 Å². The molecule has 1 heterocycles. The van der Waals surface area contributed by atoms with Crippen LogP contribution in [0.3, 0.4) is 0 Å². The van der Waals surface area contributed by atoms with Crippen LogP contribution in [0.25, 0.3) is 10.9 Å². The van der Waals surface area contributed by atoms with E-state index in [2.05, 4.69) is 38.6 Å². The normalized spacial score (nSPS) is 11.3. The second kappa shape index (κ2) is 8.32. The minimum absolute atomic E-state index is 0.135. The maximum Gasteiger partial charge on any atom is 0.270 e. The SMILES string of the molecule is C=CCn1c(C(=O)N(CCO)CCO)c(C)c2cc(C(C)C)ccc21. The van der Waals surface area contributed by atoms with Crippen LogP contribution in [0.4, 0.5) is 0 Å². The van der Waals surface area contributed by atoms with Gasteiger partial charge in [0.2, 0.25) is 0 Å². The molecule has 25 heavy (non-hydrogen) atoms. The predicted octanol–water partition coefficient (Wildman–Crippen LogP) is 2.69. The molecule has 0 atom stereocenters. The Morgan fingerprint density at radius 1 is 1.28 bits per heavy atom. The second-order valence-corrected chi connectivity index (χ2v) is 6.54. The number of aliphatic hydroxyl groups is 2. The van der Waals surface area contributed by atoms with E-state index in [1.807, 2.05) is 11.5 Å². The van der Waals surface area contributed by atoms with Crippen LogP contribution in [0.2, 0.25) is 0 Å². The number of amides is 1. The summed E-state index contributed by atoms with van der Waals surface area (Å²) < 4.78 is 1.96. The van der Waals surface area contributed by atoms with Gasteiger partial charge in [-0.15, -0.1) is 6.58 Å².